The maximum Gasteiger partial charge on any atom is 0.338 e. The van der Waals surface area contributed by atoms with Gasteiger partial charge < -0.3 is 14.2 Å². The number of ether oxygens (including phenoxy) is 3. The quantitative estimate of drug-likeness (QED) is 0.0365. The fourth-order valence-electron chi connectivity index (χ4n) is 7.53. The van der Waals surface area contributed by atoms with Gasteiger partial charge in [0.2, 0.25) is 0 Å². The van der Waals surface area contributed by atoms with E-state index in [1.165, 1.54) is 31.8 Å². The van der Waals surface area contributed by atoms with E-state index in [2.05, 4.69) is 152 Å². The smallest absolute Gasteiger partial charge is 0.338 e. The van der Waals surface area contributed by atoms with Gasteiger partial charge in [-0.05, 0) is 92.0 Å². The summed E-state index contributed by atoms with van der Waals surface area (Å²) in [5.74, 6) is -0.773. The zero-order valence-corrected chi connectivity index (χ0v) is 45.6. The molecule has 0 heterocycles. The molecule has 9 aromatic carbocycles. The Morgan fingerprint density at radius 2 is 0.413 bits per heavy atom. The van der Waals surface area contributed by atoms with Gasteiger partial charge in [0.05, 0.1) is 36.5 Å². The SMILES string of the molecule is O=C(OCCP(c1ccccc1)c1ccccc1)c1ccccc1.O=C(OCCP(c1ccccc1)c1ccccc1)c1ccccc1.O=C(OCCP(c1ccccc1)c1ccccc1)c1ccccc1.[C]=O.[Rh]. The van der Waals surface area contributed by atoms with Crippen LogP contribution in [0.3, 0.4) is 0 Å². The van der Waals surface area contributed by atoms with E-state index in [0.717, 1.165) is 18.5 Å². The molecule has 11 heteroatoms. The zero-order chi connectivity index (χ0) is 51.8. The Labute approximate surface area is 458 Å². The molecule has 0 atom stereocenters. The summed E-state index contributed by atoms with van der Waals surface area (Å²) in [6.45, 7) is 5.76. The number of carbonyl (C=O) groups is 3. The third-order valence-corrected chi connectivity index (χ3v) is 18.5. The molecule has 0 aliphatic heterocycles. The number of benzene rings is 9. The van der Waals surface area contributed by atoms with Crippen molar-refractivity contribution in [2.45, 2.75) is 0 Å². The fraction of sp³-hybridized carbons (Fsp3) is 0.0938. The largest absolute Gasteiger partial charge is 0.462 e. The predicted octanol–water partition coefficient (Wildman–Crippen LogP) is 11.5. The average Bonchev–Trinajstić information content (AvgIpc) is 3.49. The Hall–Kier alpha value is -7.03. The molecule has 0 bridgehead atoms. The van der Waals surface area contributed by atoms with Crippen molar-refractivity contribution in [1.82, 2.24) is 0 Å². The van der Waals surface area contributed by atoms with Gasteiger partial charge in [0, 0.05) is 38.0 Å². The minimum atomic E-state index is -0.528. The van der Waals surface area contributed by atoms with Crippen LogP contribution < -0.4 is 31.8 Å². The number of hydrogen-bond acceptors (Lipinski definition) is 7. The van der Waals surface area contributed by atoms with Crippen molar-refractivity contribution in [3.63, 3.8) is 0 Å². The molecule has 0 fully saturated rings. The molecular weight excluding hydrogens is 1080 g/mol. The first-order chi connectivity index (χ1) is 36.5. The van der Waals surface area contributed by atoms with E-state index < -0.39 is 23.8 Å². The molecule has 7 nitrogen and oxygen atoms in total. The molecule has 0 unspecified atom stereocenters. The number of rotatable bonds is 18. The maximum atomic E-state index is 12.1. The van der Waals surface area contributed by atoms with Crippen LogP contribution >= 0.6 is 23.8 Å². The molecule has 0 amide bonds. The number of hydrogen-bond donors (Lipinski definition) is 0. The summed E-state index contributed by atoms with van der Waals surface area (Å²) in [4.78, 5) is 43.8. The van der Waals surface area contributed by atoms with Gasteiger partial charge in [-0.25, -0.2) is 14.4 Å². The molecule has 0 spiro atoms. The van der Waals surface area contributed by atoms with Gasteiger partial charge in [0.1, 0.15) is 0 Å². The Bertz CT molecular complexity index is 2510. The fourth-order valence-corrected chi connectivity index (χ4v) is 14.0. The molecule has 9 aromatic rings. The zero-order valence-electron chi connectivity index (χ0n) is 41.3. The van der Waals surface area contributed by atoms with E-state index in [0.29, 0.717) is 36.5 Å². The second kappa shape index (κ2) is 34.5. The molecule has 3 radical (unpaired) electrons. The van der Waals surface area contributed by atoms with Crippen LogP contribution in [0, 0.1) is 0 Å². The predicted molar refractivity (Wildman–Crippen MR) is 308 cm³/mol. The van der Waals surface area contributed by atoms with Crippen molar-refractivity contribution in [1.29, 1.82) is 0 Å². The molecule has 0 aliphatic rings. The normalized spacial score (nSPS) is 10.2. The monoisotopic (exact) mass is 1130 g/mol. The van der Waals surface area contributed by atoms with Crippen LogP contribution in [0.25, 0.3) is 0 Å². The second-order valence-corrected chi connectivity index (χ2v) is 23.0. The topological polar surface area (TPSA) is 96.0 Å². The molecule has 0 saturated carbocycles. The summed E-state index contributed by atoms with van der Waals surface area (Å²) in [5.41, 5.74) is 1.80. The number of carbonyl (C=O) groups excluding carboxylic acids is 4. The van der Waals surface area contributed by atoms with Crippen molar-refractivity contribution in [3.05, 3.63) is 290 Å². The molecule has 75 heavy (non-hydrogen) atoms. The molecule has 0 saturated heterocycles. The molecule has 0 aliphatic carbocycles. The van der Waals surface area contributed by atoms with Crippen LogP contribution in [0.5, 0.6) is 0 Å². The van der Waals surface area contributed by atoms with E-state index in [9.17, 15) is 14.4 Å². The molecule has 9 rings (SSSR count). The standard InChI is InChI=1S/3C21H19O2P.CO.Rh/c3*22-21(18-10-4-1-5-11-18)23-16-17-24(19-12-6-2-7-13-19)20-14-8-3-9-15-20;1-2;/h3*1-15H,16-17H2;;. The van der Waals surface area contributed by atoms with Crippen molar-refractivity contribution in [2.75, 3.05) is 38.3 Å². The first-order valence-corrected chi connectivity index (χ1v) is 28.6. The summed E-state index contributed by atoms with van der Waals surface area (Å²) in [5, 5.41) is 7.80. The minimum absolute atomic E-state index is 0. The van der Waals surface area contributed by atoms with Gasteiger partial charge in [-0.15, -0.1) is 0 Å². The van der Waals surface area contributed by atoms with E-state index in [-0.39, 0.29) is 37.4 Å². The van der Waals surface area contributed by atoms with Crippen LogP contribution in [0.4, 0.5) is 0 Å². The van der Waals surface area contributed by atoms with Crippen LogP contribution in [0.2, 0.25) is 0 Å². The molecule has 0 aromatic heterocycles. The van der Waals surface area contributed by atoms with E-state index in [1.54, 1.807) is 36.4 Å². The summed E-state index contributed by atoms with van der Waals surface area (Å²) in [6.07, 6.45) is 2.46. The van der Waals surface area contributed by atoms with Crippen molar-refractivity contribution in [3.8, 4) is 0 Å². The molecular formula is C64H57O7P3Rh. The summed E-state index contributed by atoms with van der Waals surface area (Å²) < 4.78 is 16.4. The minimum Gasteiger partial charge on any atom is -0.462 e. The van der Waals surface area contributed by atoms with Gasteiger partial charge in [0.25, 0.3) is 6.79 Å². The van der Waals surface area contributed by atoms with Crippen LogP contribution in [0.15, 0.2) is 273 Å². The Balaban J connectivity index is 0.000000203. The van der Waals surface area contributed by atoms with E-state index in [4.69, 9.17) is 19.0 Å². The third-order valence-electron chi connectivity index (χ3n) is 11.1. The van der Waals surface area contributed by atoms with Gasteiger partial charge in [-0.1, -0.05) is 237 Å². The Kier molecular flexibility index (Phi) is 27.0. The van der Waals surface area contributed by atoms with Crippen LogP contribution in [-0.4, -0.2) is 63.0 Å². The Morgan fingerprint density at radius 3 is 0.573 bits per heavy atom. The van der Waals surface area contributed by atoms with E-state index >= 15 is 0 Å². The maximum absolute atomic E-state index is 12.1. The first kappa shape index (κ1) is 58.9. The Morgan fingerprint density at radius 1 is 0.267 bits per heavy atom. The van der Waals surface area contributed by atoms with Crippen LogP contribution in [0.1, 0.15) is 31.1 Å². The van der Waals surface area contributed by atoms with Gasteiger partial charge in [0.15, 0.2) is 0 Å². The number of esters is 3. The molecule has 0 N–H and O–H groups in total. The summed E-state index contributed by atoms with van der Waals surface area (Å²) in [6, 6.07) is 90.1. The van der Waals surface area contributed by atoms with Gasteiger partial charge in [-0.2, -0.15) is 0 Å². The van der Waals surface area contributed by atoms with E-state index in [1.807, 2.05) is 91.0 Å². The average molecular weight is 1130 g/mol. The van der Waals surface area contributed by atoms with Crippen molar-refractivity contribution in [2.24, 2.45) is 0 Å². The second-order valence-electron chi connectivity index (χ2n) is 16.0. The van der Waals surface area contributed by atoms with Crippen molar-refractivity contribution >= 4 is 80.3 Å². The van der Waals surface area contributed by atoms with Crippen LogP contribution in [-0.2, 0) is 38.5 Å². The summed E-state index contributed by atoms with van der Waals surface area (Å²) in [7, 11) is -1.58. The molecule has 379 valence electrons. The van der Waals surface area contributed by atoms with Crippen molar-refractivity contribution < 1.29 is 52.9 Å². The first-order valence-electron chi connectivity index (χ1n) is 24.0. The third kappa shape index (κ3) is 20.0. The van der Waals surface area contributed by atoms with Gasteiger partial charge >= 0.3 is 17.9 Å². The van der Waals surface area contributed by atoms with Gasteiger partial charge in [-0.3, -0.25) is 4.79 Å². The summed E-state index contributed by atoms with van der Waals surface area (Å²) >= 11 is 0.